The molecule has 124 valence electrons. The van der Waals surface area contributed by atoms with Gasteiger partial charge in [0.2, 0.25) is 0 Å². The van der Waals surface area contributed by atoms with Crippen LogP contribution in [0, 0.1) is 0 Å². The van der Waals surface area contributed by atoms with Crippen LogP contribution in [-0.4, -0.2) is 29.9 Å². The van der Waals surface area contributed by atoms with Gasteiger partial charge in [0, 0.05) is 19.6 Å². The van der Waals surface area contributed by atoms with Crippen molar-refractivity contribution in [3.8, 4) is 0 Å². The van der Waals surface area contributed by atoms with Gasteiger partial charge in [-0.1, -0.05) is 48.5 Å². The number of hydrogen-bond donors (Lipinski definition) is 2. The van der Waals surface area contributed by atoms with E-state index in [1.54, 1.807) is 0 Å². The molecule has 2 aromatic carbocycles. The van der Waals surface area contributed by atoms with E-state index in [1.165, 1.54) is 0 Å². The highest BCUT2D eigenvalue weighted by Gasteiger charge is 2.32. The van der Waals surface area contributed by atoms with Crippen LogP contribution in [0.25, 0.3) is 0 Å². The minimum absolute atomic E-state index is 0.00666. The average Bonchev–Trinajstić information content (AvgIpc) is 3.09. The standard InChI is InChI=1S/C19H21N3O2/c23-13-7-12-20-19(24)17-14-18(15-8-3-1-4-9-15)22(21-17)16-10-5-2-6-11-16/h1-6,8-11,18,23H,7,12-14H2,(H,20,24). The molecule has 2 aromatic rings. The third-order valence-corrected chi connectivity index (χ3v) is 4.00. The number of aliphatic hydroxyl groups is 1. The molecule has 0 aromatic heterocycles. The molecular formula is C19H21N3O2. The highest BCUT2D eigenvalue weighted by atomic mass is 16.3. The maximum atomic E-state index is 12.3. The molecule has 0 spiro atoms. The second-order valence-corrected chi connectivity index (χ2v) is 5.69. The maximum Gasteiger partial charge on any atom is 0.267 e. The third kappa shape index (κ3) is 3.63. The normalized spacial score (nSPS) is 16.8. The molecule has 5 nitrogen and oxygen atoms in total. The third-order valence-electron chi connectivity index (χ3n) is 4.00. The van der Waals surface area contributed by atoms with E-state index in [9.17, 15) is 4.79 Å². The summed E-state index contributed by atoms with van der Waals surface area (Å²) in [6.45, 7) is 0.519. The fourth-order valence-corrected chi connectivity index (χ4v) is 2.78. The Morgan fingerprint density at radius 1 is 1.12 bits per heavy atom. The fraction of sp³-hybridized carbons (Fsp3) is 0.263. The molecule has 1 aliphatic heterocycles. The van der Waals surface area contributed by atoms with Gasteiger partial charge in [-0.3, -0.25) is 9.80 Å². The molecule has 0 fully saturated rings. The summed E-state index contributed by atoms with van der Waals surface area (Å²) in [6, 6.07) is 20.0. The Bertz CT molecular complexity index is 701. The molecule has 1 atom stereocenters. The SMILES string of the molecule is O=C(NCCCO)C1=NN(c2ccccc2)C(c2ccccc2)C1. The number of hydrazone groups is 1. The number of aliphatic hydroxyl groups excluding tert-OH is 1. The molecule has 1 aliphatic rings. The van der Waals surface area contributed by atoms with Gasteiger partial charge in [0.1, 0.15) is 5.71 Å². The lowest BCUT2D eigenvalue weighted by molar-refractivity contribution is -0.114. The Morgan fingerprint density at radius 2 is 1.79 bits per heavy atom. The zero-order chi connectivity index (χ0) is 16.8. The van der Waals surface area contributed by atoms with Crippen LogP contribution in [0.2, 0.25) is 0 Å². The molecular weight excluding hydrogens is 302 g/mol. The van der Waals surface area contributed by atoms with Crippen molar-refractivity contribution in [2.75, 3.05) is 18.2 Å². The second kappa shape index (κ2) is 7.75. The van der Waals surface area contributed by atoms with Gasteiger partial charge < -0.3 is 10.4 Å². The lowest BCUT2D eigenvalue weighted by Gasteiger charge is -2.23. The highest BCUT2D eigenvalue weighted by molar-refractivity contribution is 6.39. The van der Waals surface area contributed by atoms with Gasteiger partial charge in [-0.25, -0.2) is 0 Å². The van der Waals surface area contributed by atoms with Crippen molar-refractivity contribution >= 4 is 17.3 Å². The number of carbonyl (C=O) groups excluding carboxylic acids is 1. The molecule has 2 N–H and O–H groups in total. The summed E-state index contributed by atoms with van der Waals surface area (Å²) in [5.74, 6) is -0.164. The number of anilines is 1. The van der Waals surface area contributed by atoms with Gasteiger partial charge in [0.25, 0.3) is 5.91 Å². The summed E-state index contributed by atoms with van der Waals surface area (Å²) in [6.07, 6.45) is 1.10. The molecule has 5 heteroatoms. The number of benzene rings is 2. The topological polar surface area (TPSA) is 64.9 Å². The van der Waals surface area contributed by atoms with Crippen molar-refractivity contribution in [2.45, 2.75) is 18.9 Å². The van der Waals surface area contributed by atoms with E-state index in [0.29, 0.717) is 25.1 Å². The first kappa shape index (κ1) is 16.2. The van der Waals surface area contributed by atoms with E-state index >= 15 is 0 Å². The second-order valence-electron chi connectivity index (χ2n) is 5.69. The van der Waals surface area contributed by atoms with Crippen molar-refractivity contribution in [3.63, 3.8) is 0 Å². The molecule has 3 rings (SSSR count). The predicted octanol–water partition coefficient (Wildman–Crippen LogP) is 2.49. The number of nitrogens with zero attached hydrogens (tertiary/aromatic N) is 2. The van der Waals surface area contributed by atoms with Crippen LogP contribution < -0.4 is 10.3 Å². The summed E-state index contributed by atoms with van der Waals surface area (Å²) in [5.41, 5.74) is 2.61. The van der Waals surface area contributed by atoms with Crippen LogP contribution in [0.15, 0.2) is 65.8 Å². The van der Waals surface area contributed by atoms with Gasteiger partial charge in [-0.05, 0) is 24.1 Å². The van der Waals surface area contributed by atoms with E-state index in [0.717, 1.165) is 11.3 Å². The molecule has 0 bridgehead atoms. The highest BCUT2D eigenvalue weighted by Crippen LogP contribution is 2.34. The molecule has 1 amide bonds. The minimum Gasteiger partial charge on any atom is -0.396 e. The summed E-state index contributed by atoms with van der Waals surface area (Å²) >= 11 is 0. The quantitative estimate of drug-likeness (QED) is 0.803. The molecule has 0 radical (unpaired) electrons. The molecule has 0 saturated heterocycles. The fourth-order valence-electron chi connectivity index (χ4n) is 2.78. The monoisotopic (exact) mass is 323 g/mol. The lowest BCUT2D eigenvalue weighted by atomic mass is 10.0. The predicted molar refractivity (Wildman–Crippen MR) is 94.9 cm³/mol. The van der Waals surface area contributed by atoms with Crippen LogP contribution in [0.5, 0.6) is 0 Å². The van der Waals surface area contributed by atoms with E-state index in [-0.39, 0.29) is 18.6 Å². The molecule has 0 aliphatic carbocycles. The van der Waals surface area contributed by atoms with Crippen molar-refractivity contribution in [1.82, 2.24) is 5.32 Å². The van der Waals surface area contributed by atoms with Crippen molar-refractivity contribution in [2.24, 2.45) is 5.10 Å². The number of carbonyl (C=O) groups is 1. The zero-order valence-electron chi connectivity index (χ0n) is 13.4. The Labute approximate surface area is 141 Å². The van der Waals surface area contributed by atoms with Gasteiger partial charge >= 0.3 is 0 Å². The largest absolute Gasteiger partial charge is 0.396 e. The van der Waals surface area contributed by atoms with E-state index in [1.807, 2.05) is 53.5 Å². The molecule has 1 unspecified atom stereocenters. The van der Waals surface area contributed by atoms with E-state index in [2.05, 4.69) is 22.6 Å². The molecule has 0 saturated carbocycles. The minimum atomic E-state index is -0.164. The van der Waals surface area contributed by atoms with Crippen LogP contribution in [0.4, 0.5) is 5.69 Å². The van der Waals surface area contributed by atoms with Crippen molar-refractivity contribution in [1.29, 1.82) is 0 Å². The molecule has 1 heterocycles. The van der Waals surface area contributed by atoms with Crippen LogP contribution in [-0.2, 0) is 4.79 Å². The number of nitrogens with one attached hydrogen (secondary N) is 1. The summed E-state index contributed by atoms with van der Waals surface area (Å²) in [4.78, 5) is 12.3. The summed E-state index contributed by atoms with van der Waals surface area (Å²) < 4.78 is 0. The number of rotatable bonds is 6. The number of hydrogen-bond acceptors (Lipinski definition) is 4. The Balaban J connectivity index is 1.84. The first-order valence-corrected chi connectivity index (χ1v) is 8.15. The van der Waals surface area contributed by atoms with Crippen LogP contribution >= 0.6 is 0 Å². The van der Waals surface area contributed by atoms with Gasteiger partial charge in [0.15, 0.2) is 0 Å². The van der Waals surface area contributed by atoms with Gasteiger partial charge in [-0.2, -0.15) is 5.10 Å². The summed E-state index contributed by atoms with van der Waals surface area (Å²) in [7, 11) is 0. The van der Waals surface area contributed by atoms with Crippen LogP contribution in [0.3, 0.4) is 0 Å². The zero-order valence-corrected chi connectivity index (χ0v) is 13.4. The maximum absolute atomic E-state index is 12.3. The van der Waals surface area contributed by atoms with Crippen molar-refractivity contribution < 1.29 is 9.90 Å². The molecule has 24 heavy (non-hydrogen) atoms. The lowest BCUT2D eigenvalue weighted by Crippen LogP contribution is -2.31. The Hall–Kier alpha value is -2.66. The first-order chi connectivity index (χ1) is 11.8. The van der Waals surface area contributed by atoms with Crippen LogP contribution in [0.1, 0.15) is 24.4 Å². The Kier molecular flexibility index (Phi) is 5.23. The first-order valence-electron chi connectivity index (χ1n) is 8.15. The van der Waals surface area contributed by atoms with Crippen molar-refractivity contribution in [3.05, 3.63) is 66.2 Å². The van der Waals surface area contributed by atoms with E-state index < -0.39 is 0 Å². The van der Waals surface area contributed by atoms with Gasteiger partial charge in [-0.15, -0.1) is 0 Å². The Morgan fingerprint density at radius 3 is 2.46 bits per heavy atom. The smallest absolute Gasteiger partial charge is 0.267 e. The summed E-state index contributed by atoms with van der Waals surface area (Å²) in [5, 5.41) is 18.1. The number of amides is 1. The van der Waals surface area contributed by atoms with Gasteiger partial charge in [0.05, 0.1) is 11.7 Å². The number of para-hydroxylation sites is 1. The van der Waals surface area contributed by atoms with E-state index in [4.69, 9.17) is 5.11 Å². The average molecular weight is 323 g/mol.